The van der Waals surface area contributed by atoms with Gasteiger partial charge in [0.15, 0.2) is 10.9 Å². The summed E-state index contributed by atoms with van der Waals surface area (Å²) in [5.41, 5.74) is 0.581. The smallest absolute Gasteiger partial charge is 0.260 e. The molecule has 0 bridgehead atoms. The van der Waals surface area contributed by atoms with Crippen molar-refractivity contribution in [3.8, 4) is 0 Å². The van der Waals surface area contributed by atoms with Crippen LogP contribution in [0.4, 0.5) is 13.9 Å². The summed E-state index contributed by atoms with van der Waals surface area (Å²) in [6, 6.07) is 10.9. The first-order valence-electron chi connectivity index (χ1n) is 8.70. The number of carbonyl (C=O) groups is 1. The summed E-state index contributed by atoms with van der Waals surface area (Å²) in [5.74, 6) is -1.63. The summed E-state index contributed by atoms with van der Waals surface area (Å²) < 4.78 is 29.9. The number of aromatic nitrogens is 3. The van der Waals surface area contributed by atoms with Gasteiger partial charge in [-0.2, -0.15) is 0 Å². The lowest BCUT2D eigenvalue weighted by Crippen LogP contribution is -2.32. The lowest BCUT2D eigenvalue weighted by molar-refractivity contribution is 0.0986. The molecule has 150 valence electrons. The SMILES string of the molecule is Cl.O=C(c1ccccc1)N(CCCn1ccnc1)c1nc2c(F)cc(F)cc2s1. The first-order valence-corrected chi connectivity index (χ1v) is 9.52. The fraction of sp³-hybridized carbons (Fsp3) is 0.150. The number of fused-ring (bicyclic) bond motifs is 1. The number of carbonyl (C=O) groups excluding carboxylic acids is 1. The average molecular weight is 435 g/mol. The number of rotatable bonds is 6. The summed E-state index contributed by atoms with van der Waals surface area (Å²) in [6.45, 7) is 1.06. The van der Waals surface area contributed by atoms with Gasteiger partial charge in [0, 0.05) is 37.1 Å². The summed E-state index contributed by atoms with van der Waals surface area (Å²) in [6.07, 6.45) is 5.90. The number of nitrogens with zero attached hydrogens (tertiary/aromatic N) is 4. The van der Waals surface area contributed by atoms with E-state index in [0.29, 0.717) is 34.9 Å². The monoisotopic (exact) mass is 434 g/mol. The van der Waals surface area contributed by atoms with Crippen LogP contribution in [-0.2, 0) is 6.54 Å². The molecule has 0 aliphatic rings. The van der Waals surface area contributed by atoms with Crippen molar-refractivity contribution >= 4 is 45.0 Å². The highest BCUT2D eigenvalue weighted by atomic mass is 35.5. The predicted octanol–water partition coefficient (Wildman–Crippen LogP) is 4.93. The number of anilines is 1. The maximum absolute atomic E-state index is 14.1. The van der Waals surface area contributed by atoms with E-state index in [1.807, 2.05) is 16.8 Å². The highest BCUT2D eigenvalue weighted by Crippen LogP contribution is 2.32. The maximum atomic E-state index is 14.1. The molecule has 2 aromatic heterocycles. The van der Waals surface area contributed by atoms with Gasteiger partial charge in [-0.15, -0.1) is 12.4 Å². The van der Waals surface area contributed by atoms with Gasteiger partial charge in [0.05, 0.1) is 11.0 Å². The Morgan fingerprint density at radius 2 is 1.97 bits per heavy atom. The number of amides is 1. The highest BCUT2D eigenvalue weighted by molar-refractivity contribution is 7.22. The Hall–Kier alpha value is -2.84. The number of hydrogen-bond acceptors (Lipinski definition) is 4. The molecule has 0 saturated heterocycles. The van der Waals surface area contributed by atoms with Gasteiger partial charge in [0.25, 0.3) is 5.91 Å². The van der Waals surface area contributed by atoms with Crippen molar-refractivity contribution in [2.24, 2.45) is 0 Å². The van der Waals surface area contributed by atoms with Gasteiger partial charge in [-0.3, -0.25) is 9.69 Å². The molecule has 4 rings (SSSR count). The molecule has 2 aromatic carbocycles. The maximum Gasteiger partial charge on any atom is 0.260 e. The third-order valence-electron chi connectivity index (χ3n) is 4.26. The standard InChI is InChI=1S/C20H16F2N4OS.ClH/c21-15-11-16(22)18-17(12-15)28-20(24-18)26(9-4-8-25-10-7-23-13-25)19(27)14-5-2-1-3-6-14;/h1-3,5-7,10-13H,4,8-9H2;1H. The number of imidazole rings is 1. The van der Waals surface area contributed by atoms with Crippen LogP contribution >= 0.6 is 23.7 Å². The number of aryl methyl sites for hydroxylation is 1. The topological polar surface area (TPSA) is 51.0 Å². The summed E-state index contributed by atoms with van der Waals surface area (Å²) in [4.78, 5) is 22.9. The molecule has 0 aliphatic carbocycles. The van der Waals surface area contributed by atoms with Crippen LogP contribution in [0.2, 0.25) is 0 Å². The average Bonchev–Trinajstić information content (AvgIpc) is 3.35. The third-order valence-corrected chi connectivity index (χ3v) is 5.28. The van der Waals surface area contributed by atoms with E-state index < -0.39 is 11.6 Å². The molecule has 0 saturated carbocycles. The van der Waals surface area contributed by atoms with Crippen molar-refractivity contribution in [2.45, 2.75) is 13.0 Å². The van der Waals surface area contributed by atoms with Crippen molar-refractivity contribution in [3.05, 3.63) is 78.4 Å². The first-order chi connectivity index (χ1) is 13.6. The molecule has 0 spiro atoms. The molecule has 0 unspecified atom stereocenters. The minimum atomic E-state index is -0.733. The van der Waals surface area contributed by atoms with Crippen molar-refractivity contribution in [2.75, 3.05) is 11.4 Å². The van der Waals surface area contributed by atoms with Crippen molar-refractivity contribution in [1.82, 2.24) is 14.5 Å². The van der Waals surface area contributed by atoms with E-state index in [2.05, 4.69) is 9.97 Å². The van der Waals surface area contributed by atoms with Gasteiger partial charge in [-0.1, -0.05) is 29.5 Å². The Morgan fingerprint density at radius 3 is 2.69 bits per heavy atom. The second kappa shape index (κ2) is 9.11. The minimum absolute atomic E-state index is 0. The van der Waals surface area contributed by atoms with Crippen LogP contribution in [0.25, 0.3) is 10.2 Å². The van der Waals surface area contributed by atoms with E-state index >= 15 is 0 Å². The molecule has 29 heavy (non-hydrogen) atoms. The minimum Gasteiger partial charge on any atom is -0.337 e. The molecule has 0 N–H and O–H groups in total. The molecule has 5 nitrogen and oxygen atoms in total. The molecule has 9 heteroatoms. The lowest BCUT2D eigenvalue weighted by Gasteiger charge is -2.20. The van der Waals surface area contributed by atoms with E-state index in [1.54, 1.807) is 36.8 Å². The Balaban J connectivity index is 0.00000240. The van der Waals surface area contributed by atoms with Gasteiger partial charge in [0.1, 0.15) is 11.3 Å². The number of halogens is 3. The largest absolute Gasteiger partial charge is 0.337 e. The van der Waals surface area contributed by atoms with E-state index in [9.17, 15) is 13.6 Å². The van der Waals surface area contributed by atoms with E-state index in [-0.39, 0.29) is 23.8 Å². The van der Waals surface area contributed by atoms with E-state index in [0.717, 1.165) is 17.4 Å². The van der Waals surface area contributed by atoms with Crippen molar-refractivity contribution in [3.63, 3.8) is 0 Å². The highest BCUT2D eigenvalue weighted by Gasteiger charge is 2.22. The Morgan fingerprint density at radius 1 is 1.17 bits per heavy atom. The third kappa shape index (κ3) is 4.60. The number of thiazole rings is 1. The zero-order chi connectivity index (χ0) is 19.5. The van der Waals surface area contributed by atoms with Crippen LogP contribution in [0.3, 0.4) is 0 Å². The van der Waals surface area contributed by atoms with Crippen LogP contribution in [-0.4, -0.2) is 27.0 Å². The molecular formula is C20H17ClF2N4OS. The summed E-state index contributed by atoms with van der Waals surface area (Å²) >= 11 is 1.10. The predicted molar refractivity (Wildman–Crippen MR) is 112 cm³/mol. The van der Waals surface area contributed by atoms with Crippen LogP contribution in [0.15, 0.2) is 61.2 Å². The molecule has 4 aromatic rings. The second-order valence-electron chi connectivity index (χ2n) is 6.21. The van der Waals surface area contributed by atoms with E-state index in [4.69, 9.17) is 0 Å². The first kappa shape index (κ1) is 20.9. The normalized spacial score (nSPS) is 10.7. The van der Waals surface area contributed by atoms with Crippen LogP contribution < -0.4 is 4.90 Å². The zero-order valence-electron chi connectivity index (χ0n) is 15.2. The van der Waals surface area contributed by atoms with Gasteiger partial charge in [-0.25, -0.2) is 18.7 Å². The Labute approximate surface area is 176 Å². The van der Waals surface area contributed by atoms with E-state index in [1.165, 1.54) is 11.0 Å². The molecular weight excluding hydrogens is 418 g/mol. The second-order valence-corrected chi connectivity index (χ2v) is 7.22. The van der Waals surface area contributed by atoms with Gasteiger partial charge in [-0.05, 0) is 24.6 Å². The zero-order valence-corrected chi connectivity index (χ0v) is 16.8. The van der Waals surface area contributed by atoms with Crippen molar-refractivity contribution < 1.29 is 13.6 Å². The van der Waals surface area contributed by atoms with Crippen LogP contribution in [0, 0.1) is 11.6 Å². The number of hydrogen-bond donors (Lipinski definition) is 0. The van der Waals surface area contributed by atoms with Gasteiger partial charge in [0.2, 0.25) is 0 Å². The molecule has 2 heterocycles. The summed E-state index contributed by atoms with van der Waals surface area (Å²) in [5, 5.41) is 0.346. The van der Waals surface area contributed by atoms with Crippen LogP contribution in [0.5, 0.6) is 0 Å². The van der Waals surface area contributed by atoms with Gasteiger partial charge < -0.3 is 4.57 Å². The number of benzene rings is 2. The van der Waals surface area contributed by atoms with Crippen LogP contribution in [0.1, 0.15) is 16.8 Å². The molecule has 0 atom stereocenters. The van der Waals surface area contributed by atoms with Gasteiger partial charge >= 0.3 is 0 Å². The molecule has 0 radical (unpaired) electrons. The van der Waals surface area contributed by atoms with Crippen molar-refractivity contribution in [1.29, 1.82) is 0 Å². The lowest BCUT2D eigenvalue weighted by atomic mass is 10.2. The fourth-order valence-corrected chi connectivity index (χ4v) is 3.94. The fourth-order valence-electron chi connectivity index (χ4n) is 2.91. The Kier molecular flexibility index (Phi) is 6.56. The summed E-state index contributed by atoms with van der Waals surface area (Å²) in [7, 11) is 0. The molecule has 1 amide bonds. The Bertz CT molecular complexity index is 1100. The molecule has 0 aliphatic heterocycles. The quantitative estimate of drug-likeness (QED) is 0.432. The molecule has 0 fully saturated rings.